The minimum atomic E-state index is -8.25. The fourth-order valence-electron chi connectivity index (χ4n) is 2.86. The maximum absolute atomic E-state index is 13.7. The molecular formula is C21H12F26O4. The van der Waals surface area contributed by atoms with Crippen LogP contribution in [0.4, 0.5) is 114 Å². The normalized spacial score (nSPS) is 15.9. The first-order valence-electron chi connectivity index (χ1n) is 11.8. The number of hydrogen-bond acceptors (Lipinski definition) is 4. The summed E-state index contributed by atoms with van der Waals surface area (Å²) < 4.78 is 346. The van der Waals surface area contributed by atoms with E-state index in [9.17, 15) is 124 Å². The van der Waals surface area contributed by atoms with Crippen molar-refractivity contribution in [2.45, 2.75) is 91.3 Å². The van der Waals surface area contributed by atoms with Crippen LogP contribution in [0.2, 0.25) is 0 Å². The molecular weight excluding hydrogens is 810 g/mol. The summed E-state index contributed by atoms with van der Waals surface area (Å²) in [7, 11) is 0. The molecule has 0 aromatic rings. The van der Waals surface area contributed by atoms with Crippen molar-refractivity contribution >= 4 is 11.9 Å². The zero-order valence-corrected chi connectivity index (χ0v) is 23.4. The van der Waals surface area contributed by atoms with Crippen molar-refractivity contribution in [2.24, 2.45) is 0 Å². The average Bonchev–Trinajstić information content (AvgIpc) is 2.90. The smallest absolute Gasteiger partial charge is 0.460 e. The molecule has 0 bridgehead atoms. The van der Waals surface area contributed by atoms with Gasteiger partial charge in [-0.3, -0.25) is 0 Å². The predicted molar refractivity (Wildman–Crippen MR) is 106 cm³/mol. The van der Waals surface area contributed by atoms with Crippen LogP contribution in [-0.2, 0) is 19.1 Å². The molecule has 0 aliphatic rings. The second kappa shape index (κ2) is 13.7. The van der Waals surface area contributed by atoms with Gasteiger partial charge in [0.1, 0.15) is 0 Å². The molecule has 0 aromatic heterocycles. The molecule has 0 aromatic carbocycles. The van der Waals surface area contributed by atoms with Crippen molar-refractivity contribution in [1.82, 2.24) is 0 Å². The Bertz CT molecular complexity index is 1290. The van der Waals surface area contributed by atoms with Gasteiger partial charge in [0.05, 0.1) is 26.1 Å². The van der Waals surface area contributed by atoms with Crippen molar-refractivity contribution < 1.29 is 133 Å². The second-order valence-electron chi connectivity index (χ2n) is 9.63. The van der Waals surface area contributed by atoms with Crippen molar-refractivity contribution in [1.29, 1.82) is 0 Å². The fraction of sp³-hybridized carbons (Fsp3) is 0.810. The van der Waals surface area contributed by atoms with E-state index in [4.69, 9.17) is 0 Å². The van der Waals surface area contributed by atoms with E-state index in [1.54, 1.807) is 0 Å². The van der Waals surface area contributed by atoms with Crippen LogP contribution >= 0.6 is 0 Å². The number of alkyl halides is 26. The molecule has 0 aliphatic carbocycles. The highest BCUT2D eigenvalue weighted by atomic mass is 19.4. The monoisotopic (exact) mass is 822 g/mol. The van der Waals surface area contributed by atoms with E-state index in [1.807, 2.05) is 0 Å². The molecule has 0 unspecified atom stereocenters. The Balaban J connectivity index is 5.66. The highest BCUT2D eigenvalue weighted by Crippen LogP contribution is 2.62. The SMILES string of the molecule is CC(=CC(=O)OCCC(F)(F)C(F)(F)C(F)(F)C(F)(F)C(F)(F)C(F)(F)F)C(=O)OCCC(F)(F)C(F)(F)C(F)(F)C(F)(F)C(F)(F)C(F)(F)F. The Morgan fingerprint density at radius 1 is 0.412 bits per heavy atom. The number of carbonyl (C=O) groups is 2. The summed E-state index contributed by atoms with van der Waals surface area (Å²) in [4.78, 5) is 23.1. The summed E-state index contributed by atoms with van der Waals surface area (Å²) in [5, 5.41) is 0. The summed E-state index contributed by atoms with van der Waals surface area (Å²) in [5.74, 6) is -82.6. The predicted octanol–water partition coefficient (Wildman–Crippen LogP) is 9.28. The molecule has 51 heavy (non-hydrogen) atoms. The lowest BCUT2D eigenvalue weighted by Crippen LogP contribution is -2.70. The molecule has 0 amide bonds. The van der Waals surface area contributed by atoms with E-state index >= 15 is 0 Å². The van der Waals surface area contributed by atoms with Crippen LogP contribution in [0.3, 0.4) is 0 Å². The Kier molecular flexibility index (Phi) is 12.8. The number of ether oxygens (including phenoxy) is 2. The van der Waals surface area contributed by atoms with Crippen LogP contribution < -0.4 is 0 Å². The molecule has 0 aliphatic heterocycles. The maximum atomic E-state index is 13.7. The van der Waals surface area contributed by atoms with E-state index in [-0.39, 0.29) is 13.0 Å². The lowest BCUT2D eigenvalue weighted by Gasteiger charge is -2.39. The zero-order chi connectivity index (χ0) is 41.7. The summed E-state index contributed by atoms with van der Waals surface area (Å²) >= 11 is 0. The molecule has 0 saturated carbocycles. The minimum Gasteiger partial charge on any atom is -0.462 e. The molecule has 302 valence electrons. The Labute approximate surface area is 262 Å². The van der Waals surface area contributed by atoms with E-state index in [2.05, 4.69) is 9.47 Å². The third kappa shape index (κ3) is 7.96. The van der Waals surface area contributed by atoms with Crippen LogP contribution in [0.15, 0.2) is 11.6 Å². The van der Waals surface area contributed by atoms with Crippen LogP contribution in [0, 0.1) is 0 Å². The van der Waals surface area contributed by atoms with Gasteiger partial charge in [0, 0.05) is 11.6 Å². The third-order valence-corrected chi connectivity index (χ3v) is 5.96. The first-order valence-corrected chi connectivity index (χ1v) is 11.8. The second-order valence-corrected chi connectivity index (χ2v) is 9.63. The molecule has 0 N–H and O–H groups in total. The summed E-state index contributed by atoms with van der Waals surface area (Å²) in [6.07, 6.45) is -22.0. The van der Waals surface area contributed by atoms with E-state index < -0.39 is 115 Å². The Morgan fingerprint density at radius 3 is 0.941 bits per heavy atom. The van der Waals surface area contributed by atoms with Crippen molar-refractivity contribution in [3.05, 3.63) is 11.6 Å². The van der Waals surface area contributed by atoms with Gasteiger partial charge in [0.25, 0.3) is 0 Å². The molecule has 0 radical (unpaired) electrons. The van der Waals surface area contributed by atoms with Gasteiger partial charge >= 0.3 is 83.5 Å². The lowest BCUT2D eigenvalue weighted by molar-refractivity contribution is -0.440. The highest BCUT2D eigenvalue weighted by molar-refractivity contribution is 5.95. The zero-order valence-electron chi connectivity index (χ0n) is 23.4. The summed E-state index contributed by atoms with van der Waals surface area (Å²) in [6, 6.07) is 0. The van der Waals surface area contributed by atoms with Crippen LogP contribution in [0.5, 0.6) is 0 Å². The van der Waals surface area contributed by atoms with E-state index in [0.717, 1.165) is 0 Å². The maximum Gasteiger partial charge on any atom is 0.460 e. The van der Waals surface area contributed by atoms with Gasteiger partial charge < -0.3 is 9.47 Å². The van der Waals surface area contributed by atoms with Crippen molar-refractivity contribution in [2.75, 3.05) is 13.2 Å². The molecule has 0 fully saturated rings. The molecule has 0 atom stereocenters. The van der Waals surface area contributed by atoms with Gasteiger partial charge in [0.15, 0.2) is 0 Å². The summed E-state index contributed by atoms with van der Waals surface area (Å²) in [6.45, 7) is -4.46. The Morgan fingerprint density at radius 2 is 0.667 bits per heavy atom. The number of hydrogen-bond donors (Lipinski definition) is 0. The molecule has 30 heteroatoms. The minimum absolute atomic E-state index is 0.274. The number of carbonyl (C=O) groups excluding carboxylic acids is 2. The topological polar surface area (TPSA) is 52.6 Å². The Hall–Kier alpha value is -3.14. The van der Waals surface area contributed by atoms with Crippen LogP contribution in [-0.4, -0.2) is 96.7 Å². The quantitative estimate of drug-likeness (QED) is 0.0886. The summed E-state index contributed by atoms with van der Waals surface area (Å²) in [5.41, 5.74) is -1.41. The molecule has 0 rings (SSSR count). The standard InChI is InChI=1S/C21H12F26O4/c1-7(9(49)51-5-3-11(24,25)13(28,29)15(32,33)17(36,37)19(40,41)21(45,46)47)6-8(48)50-4-2-10(22,23)12(26,27)14(30,31)16(34,35)18(38,39)20(42,43)44/h6H,2-5H2,1H3. The molecule has 0 saturated heterocycles. The van der Waals surface area contributed by atoms with Gasteiger partial charge in [0.2, 0.25) is 0 Å². The number of halogens is 26. The van der Waals surface area contributed by atoms with Gasteiger partial charge in [-0.15, -0.1) is 0 Å². The largest absolute Gasteiger partial charge is 0.462 e. The van der Waals surface area contributed by atoms with Gasteiger partial charge in [-0.1, -0.05) is 0 Å². The van der Waals surface area contributed by atoms with Crippen LogP contribution in [0.1, 0.15) is 19.8 Å². The van der Waals surface area contributed by atoms with Gasteiger partial charge in [-0.05, 0) is 6.92 Å². The van der Waals surface area contributed by atoms with Crippen molar-refractivity contribution in [3.63, 3.8) is 0 Å². The highest BCUT2D eigenvalue weighted by Gasteiger charge is 2.92. The molecule has 0 spiro atoms. The van der Waals surface area contributed by atoms with Gasteiger partial charge in [-0.25, -0.2) is 9.59 Å². The fourth-order valence-corrected chi connectivity index (χ4v) is 2.86. The first-order chi connectivity index (χ1) is 21.9. The third-order valence-electron chi connectivity index (χ3n) is 5.96. The average molecular weight is 822 g/mol. The van der Waals surface area contributed by atoms with E-state index in [1.165, 1.54) is 0 Å². The number of rotatable bonds is 16. The lowest BCUT2D eigenvalue weighted by atomic mass is 9.93. The number of esters is 2. The van der Waals surface area contributed by atoms with E-state index in [0.29, 0.717) is 0 Å². The van der Waals surface area contributed by atoms with Gasteiger partial charge in [-0.2, -0.15) is 114 Å². The molecule has 0 heterocycles. The van der Waals surface area contributed by atoms with Crippen LogP contribution in [0.25, 0.3) is 0 Å². The molecule has 4 nitrogen and oxygen atoms in total. The van der Waals surface area contributed by atoms with Crippen molar-refractivity contribution in [3.8, 4) is 0 Å². The first kappa shape index (κ1) is 47.9.